The lowest BCUT2D eigenvalue weighted by Crippen LogP contribution is -2.19. The molecule has 0 spiro atoms. The van der Waals surface area contributed by atoms with Gasteiger partial charge in [0.15, 0.2) is 0 Å². The number of aliphatic hydroxyl groups excluding tert-OH is 1. The highest BCUT2D eigenvalue weighted by Crippen LogP contribution is 2.11. The normalized spacial score (nSPS) is 11.9. The van der Waals surface area contributed by atoms with Crippen LogP contribution in [0.1, 0.15) is 25.5 Å². The number of hydrogen-bond donors (Lipinski definition) is 1. The standard InChI is InChI=1S/C10H15NO.C2H6/c1-11(2)8-10(12)9-6-4-3-5-7-9;1-2/h3-7,10,12H,8H2,1-2H3;1-2H3. The molecule has 2 heteroatoms. The summed E-state index contributed by atoms with van der Waals surface area (Å²) in [7, 11) is 3.90. The van der Waals surface area contributed by atoms with Crippen LogP contribution in [0, 0.1) is 0 Å². The molecule has 1 aromatic carbocycles. The van der Waals surface area contributed by atoms with E-state index in [1.54, 1.807) is 0 Å². The number of nitrogens with zero attached hydrogens (tertiary/aromatic N) is 1. The van der Waals surface area contributed by atoms with Crippen molar-refractivity contribution >= 4 is 0 Å². The van der Waals surface area contributed by atoms with E-state index >= 15 is 0 Å². The summed E-state index contributed by atoms with van der Waals surface area (Å²) in [5.74, 6) is 0. The van der Waals surface area contributed by atoms with Gasteiger partial charge in [0.1, 0.15) is 0 Å². The van der Waals surface area contributed by atoms with Gasteiger partial charge in [0, 0.05) is 6.54 Å². The first-order valence-electron chi connectivity index (χ1n) is 5.08. The van der Waals surface area contributed by atoms with E-state index < -0.39 is 0 Å². The second-order valence-corrected chi connectivity index (χ2v) is 3.19. The molecule has 0 amide bonds. The van der Waals surface area contributed by atoms with Crippen molar-refractivity contribution in [3.05, 3.63) is 35.9 Å². The van der Waals surface area contributed by atoms with Crippen LogP contribution in [0.4, 0.5) is 0 Å². The molecule has 0 fully saturated rings. The van der Waals surface area contributed by atoms with E-state index in [1.807, 2.05) is 63.2 Å². The fourth-order valence-electron chi connectivity index (χ4n) is 1.13. The molecule has 0 radical (unpaired) electrons. The Kier molecular flexibility index (Phi) is 7.07. The summed E-state index contributed by atoms with van der Waals surface area (Å²) in [4.78, 5) is 1.97. The van der Waals surface area contributed by atoms with Gasteiger partial charge >= 0.3 is 0 Å². The first-order chi connectivity index (χ1) is 6.70. The van der Waals surface area contributed by atoms with Gasteiger partial charge < -0.3 is 10.0 Å². The van der Waals surface area contributed by atoms with Gasteiger partial charge in [-0.3, -0.25) is 0 Å². The lowest BCUT2D eigenvalue weighted by molar-refractivity contribution is 0.138. The van der Waals surface area contributed by atoms with Crippen molar-refractivity contribution in [2.45, 2.75) is 20.0 Å². The van der Waals surface area contributed by atoms with Crippen LogP contribution >= 0.6 is 0 Å². The summed E-state index contributed by atoms with van der Waals surface area (Å²) in [6, 6.07) is 9.70. The third kappa shape index (κ3) is 5.00. The number of hydrogen-bond acceptors (Lipinski definition) is 2. The first-order valence-corrected chi connectivity index (χ1v) is 5.08. The van der Waals surface area contributed by atoms with Crippen molar-refractivity contribution < 1.29 is 5.11 Å². The molecule has 0 aliphatic heterocycles. The molecule has 0 aliphatic carbocycles. The minimum absolute atomic E-state index is 0.374. The summed E-state index contributed by atoms with van der Waals surface area (Å²) in [5, 5.41) is 9.65. The Bertz CT molecular complexity index is 221. The molecule has 1 unspecified atom stereocenters. The molecule has 80 valence electrons. The van der Waals surface area contributed by atoms with Crippen LogP contribution < -0.4 is 0 Å². The van der Waals surface area contributed by atoms with Crippen LogP contribution in [0.2, 0.25) is 0 Å². The summed E-state index contributed by atoms with van der Waals surface area (Å²) in [6.07, 6.45) is -0.374. The summed E-state index contributed by atoms with van der Waals surface area (Å²) >= 11 is 0. The summed E-state index contributed by atoms with van der Waals surface area (Å²) in [6.45, 7) is 4.67. The van der Waals surface area contributed by atoms with Crippen molar-refractivity contribution in [3.63, 3.8) is 0 Å². The van der Waals surface area contributed by atoms with Crippen molar-refractivity contribution in [2.75, 3.05) is 20.6 Å². The molecule has 0 saturated carbocycles. The second-order valence-electron chi connectivity index (χ2n) is 3.19. The van der Waals surface area contributed by atoms with E-state index in [0.29, 0.717) is 6.54 Å². The third-order valence-corrected chi connectivity index (χ3v) is 1.72. The number of rotatable bonds is 3. The largest absolute Gasteiger partial charge is 0.387 e. The van der Waals surface area contributed by atoms with Crippen molar-refractivity contribution in [1.29, 1.82) is 0 Å². The maximum atomic E-state index is 9.65. The van der Waals surface area contributed by atoms with Crippen LogP contribution in [0.5, 0.6) is 0 Å². The highest BCUT2D eigenvalue weighted by atomic mass is 16.3. The fraction of sp³-hybridized carbons (Fsp3) is 0.500. The van der Waals surface area contributed by atoms with Crippen molar-refractivity contribution in [2.24, 2.45) is 0 Å². The molecule has 0 heterocycles. The van der Waals surface area contributed by atoms with E-state index in [2.05, 4.69) is 0 Å². The van der Waals surface area contributed by atoms with Crippen LogP contribution in [0.25, 0.3) is 0 Å². The highest BCUT2D eigenvalue weighted by molar-refractivity contribution is 5.17. The Balaban J connectivity index is 0.000000791. The van der Waals surface area contributed by atoms with Gasteiger partial charge in [-0.15, -0.1) is 0 Å². The van der Waals surface area contributed by atoms with Gasteiger partial charge in [0.05, 0.1) is 6.10 Å². The van der Waals surface area contributed by atoms with Gasteiger partial charge in [-0.2, -0.15) is 0 Å². The van der Waals surface area contributed by atoms with E-state index in [9.17, 15) is 5.11 Å². The zero-order valence-electron chi connectivity index (χ0n) is 9.57. The second kappa shape index (κ2) is 7.54. The molecule has 1 atom stereocenters. The molecule has 14 heavy (non-hydrogen) atoms. The van der Waals surface area contributed by atoms with E-state index in [4.69, 9.17) is 0 Å². The molecule has 0 aromatic heterocycles. The molecular formula is C12H21NO. The molecule has 0 aliphatic rings. The quantitative estimate of drug-likeness (QED) is 0.800. The maximum Gasteiger partial charge on any atom is 0.0916 e. The SMILES string of the molecule is CC.CN(C)CC(O)c1ccccc1. The van der Waals surface area contributed by atoms with Gasteiger partial charge in [0.25, 0.3) is 0 Å². The van der Waals surface area contributed by atoms with Crippen molar-refractivity contribution in [1.82, 2.24) is 4.90 Å². The van der Waals surface area contributed by atoms with E-state index in [0.717, 1.165) is 5.56 Å². The Morgan fingerprint density at radius 3 is 2.07 bits per heavy atom. The van der Waals surface area contributed by atoms with Crippen LogP contribution in [0.3, 0.4) is 0 Å². The Morgan fingerprint density at radius 2 is 1.64 bits per heavy atom. The molecule has 0 saturated heterocycles. The topological polar surface area (TPSA) is 23.5 Å². The van der Waals surface area contributed by atoms with Gasteiger partial charge in [-0.05, 0) is 19.7 Å². The Hall–Kier alpha value is -0.860. The van der Waals surface area contributed by atoms with Gasteiger partial charge in [0.2, 0.25) is 0 Å². The number of aliphatic hydroxyl groups is 1. The predicted octanol–water partition coefficient (Wildman–Crippen LogP) is 2.31. The molecule has 1 N–H and O–H groups in total. The monoisotopic (exact) mass is 195 g/mol. The maximum absolute atomic E-state index is 9.65. The number of benzene rings is 1. The summed E-state index contributed by atoms with van der Waals surface area (Å²) < 4.78 is 0. The van der Waals surface area contributed by atoms with Gasteiger partial charge in [-0.25, -0.2) is 0 Å². The molecule has 1 aromatic rings. The summed E-state index contributed by atoms with van der Waals surface area (Å²) in [5.41, 5.74) is 0.978. The minimum atomic E-state index is -0.374. The lowest BCUT2D eigenvalue weighted by Gasteiger charge is -2.15. The van der Waals surface area contributed by atoms with Crippen LogP contribution in [0.15, 0.2) is 30.3 Å². The zero-order chi connectivity index (χ0) is 11.0. The average molecular weight is 195 g/mol. The smallest absolute Gasteiger partial charge is 0.0916 e. The predicted molar refractivity (Wildman–Crippen MR) is 61.3 cm³/mol. The molecular weight excluding hydrogens is 174 g/mol. The average Bonchev–Trinajstić information content (AvgIpc) is 2.21. The highest BCUT2D eigenvalue weighted by Gasteiger charge is 2.06. The molecule has 1 rings (SSSR count). The Morgan fingerprint density at radius 1 is 1.14 bits per heavy atom. The van der Waals surface area contributed by atoms with Crippen molar-refractivity contribution in [3.8, 4) is 0 Å². The van der Waals surface area contributed by atoms with E-state index in [1.165, 1.54) is 0 Å². The van der Waals surface area contributed by atoms with Gasteiger partial charge in [-0.1, -0.05) is 44.2 Å². The lowest BCUT2D eigenvalue weighted by atomic mass is 10.1. The minimum Gasteiger partial charge on any atom is -0.387 e. The molecule has 0 bridgehead atoms. The first kappa shape index (κ1) is 13.1. The third-order valence-electron chi connectivity index (χ3n) is 1.72. The zero-order valence-corrected chi connectivity index (χ0v) is 9.57. The van der Waals surface area contributed by atoms with Crippen LogP contribution in [-0.2, 0) is 0 Å². The molecule has 2 nitrogen and oxygen atoms in total. The van der Waals surface area contributed by atoms with E-state index in [-0.39, 0.29) is 6.10 Å². The van der Waals surface area contributed by atoms with Crippen LogP contribution in [-0.4, -0.2) is 30.6 Å². The number of likely N-dealkylation sites (N-methyl/N-ethyl adjacent to an activating group) is 1. The Labute approximate surface area is 87.2 Å². The fourth-order valence-corrected chi connectivity index (χ4v) is 1.13.